The summed E-state index contributed by atoms with van der Waals surface area (Å²) in [5.41, 5.74) is 2.42. The van der Waals surface area contributed by atoms with E-state index in [1.54, 1.807) is 0 Å². The number of nitrogens with one attached hydrogen (secondary N) is 1. The summed E-state index contributed by atoms with van der Waals surface area (Å²) in [5, 5.41) is 3.23. The number of amides is 1. The molecule has 0 bridgehead atoms. The van der Waals surface area contributed by atoms with Crippen molar-refractivity contribution in [2.24, 2.45) is 0 Å². The minimum Gasteiger partial charge on any atom is -0.481 e. The van der Waals surface area contributed by atoms with Crippen molar-refractivity contribution in [2.45, 2.75) is 64.5 Å². The number of piperazine rings is 1. The van der Waals surface area contributed by atoms with Crippen molar-refractivity contribution in [1.82, 2.24) is 15.1 Å². The molecule has 1 heterocycles. The summed E-state index contributed by atoms with van der Waals surface area (Å²) < 4.78 is 5.94. The highest BCUT2D eigenvalue weighted by Crippen LogP contribution is 2.34. The van der Waals surface area contributed by atoms with Crippen molar-refractivity contribution in [3.8, 4) is 5.75 Å². The second kappa shape index (κ2) is 10.6. The predicted molar refractivity (Wildman–Crippen MR) is 121 cm³/mol. The molecule has 1 unspecified atom stereocenters. The minimum atomic E-state index is -0.491. The highest BCUT2D eigenvalue weighted by molar-refractivity contribution is 5.85. The summed E-state index contributed by atoms with van der Waals surface area (Å²) in [5.74, 6) is 0.754. The van der Waals surface area contributed by atoms with E-state index in [4.69, 9.17) is 4.74 Å². The first-order valence-corrected chi connectivity index (χ1v) is 10.8. The van der Waals surface area contributed by atoms with E-state index >= 15 is 0 Å². The summed E-state index contributed by atoms with van der Waals surface area (Å²) in [6.45, 7) is 11.1. The molecule has 1 aliphatic carbocycles. The molecular weight excluding hydrogens is 386 g/mol. The lowest BCUT2D eigenvalue weighted by molar-refractivity contribution is -0.128. The van der Waals surface area contributed by atoms with E-state index in [1.165, 1.54) is 32.1 Å². The molecule has 1 atom stereocenters. The van der Waals surface area contributed by atoms with Crippen LogP contribution in [0, 0.1) is 13.8 Å². The molecule has 2 fully saturated rings. The Hall–Kier alpha value is -1.30. The lowest BCUT2D eigenvalue weighted by Crippen LogP contribution is -2.62. The van der Waals surface area contributed by atoms with Crippen LogP contribution in [0.2, 0.25) is 0 Å². The molecule has 6 heteroatoms. The van der Waals surface area contributed by atoms with Gasteiger partial charge < -0.3 is 15.0 Å². The van der Waals surface area contributed by atoms with E-state index in [-0.39, 0.29) is 23.9 Å². The molecule has 1 N–H and O–H groups in total. The summed E-state index contributed by atoms with van der Waals surface area (Å²) in [6.07, 6.45) is 5.71. The van der Waals surface area contributed by atoms with Gasteiger partial charge in [-0.1, -0.05) is 25.3 Å². The maximum atomic E-state index is 12.8. The minimum absolute atomic E-state index is 0. The van der Waals surface area contributed by atoms with Crippen molar-refractivity contribution >= 4 is 18.3 Å². The zero-order valence-electron chi connectivity index (χ0n) is 18.5. The summed E-state index contributed by atoms with van der Waals surface area (Å²) in [4.78, 5) is 17.8. The fourth-order valence-electron chi connectivity index (χ4n) is 4.75. The Morgan fingerprint density at radius 1 is 1.07 bits per heavy atom. The molecule has 29 heavy (non-hydrogen) atoms. The van der Waals surface area contributed by atoms with Crippen LogP contribution in [0.1, 0.15) is 50.2 Å². The van der Waals surface area contributed by atoms with Crippen LogP contribution in [-0.4, -0.2) is 67.1 Å². The van der Waals surface area contributed by atoms with Gasteiger partial charge in [0.15, 0.2) is 6.10 Å². The van der Waals surface area contributed by atoms with Gasteiger partial charge in [0.05, 0.1) is 0 Å². The standard InChI is InChI=1S/C23H37N3O2.ClH/c1-18-14-19(2)16-21(15-18)28-20(3)22(27)24-17-23(8-6-5-7-9-23)26-12-10-25(4)11-13-26;/h14-16,20H,5-13,17H2,1-4H3,(H,24,27);1H. The highest BCUT2D eigenvalue weighted by atomic mass is 35.5. The molecule has 3 rings (SSSR count). The van der Waals surface area contributed by atoms with E-state index in [2.05, 4.69) is 28.2 Å². The number of likely N-dealkylation sites (N-methyl/N-ethyl adjacent to an activating group) is 1. The Morgan fingerprint density at radius 3 is 2.24 bits per heavy atom. The average molecular weight is 424 g/mol. The number of aryl methyl sites for hydroxylation is 2. The topological polar surface area (TPSA) is 44.8 Å². The highest BCUT2D eigenvalue weighted by Gasteiger charge is 2.39. The molecule has 0 aromatic heterocycles. The quantitative estimate of drug-likeness (QED) is 0.759. The second-order valence-corrected chi connectivity index (χ2v) is 8.88. The Labute approximate surface area is 182 Å². The molecule has 164 valence electrons. The van der Waals surface area contributed by atoms with Crippen LogP contribution in [0.4, 0.5) is 0 Å². The molecule has 0 spiro atoms. The van der Waals surface area contributed by atoms with Crippen molar-refractivity contribution in [2.75, 3.05) is 39.8 Å². The molecule has 1 aromatic rings. The summed E-state index contributed by atoms with van der Waals surface area (Å²) in [6, 6.07) is 6.09. The van der Waals surface area contributed by atoms with Crippen LogP contribution in [0.3, 0.4) is 0 Å². The first kappa shape index (κ1) is 24.0. The molecule has 1 amide bonds. The zero-order valence-corrected chi connectivity index (χ0v) is 19.3. The van der Waals surface area contributed by atoms with E-state index in [0.29, 0.717) is 0 Å². The molecule has 0 radical (unpaired) electrons. The van der Waals surface area contributed by atoms with Gasteiger partial charge in [0.25, 0.3) is 5.91 Å². The van der Waals surface area contributed by atoms with Crippen LogP contribution >= 0.6 is 12.4 Å². The van der Waals surface area contributed by atoms with Crippen molar-refractivity contribution in [1.29, 1.82) is 0 Å². The fraction of sp³-hybridized carbons (Fsp3) is 0.696. The third kappa shape index (κ3) is 6.34. The molecule has 1 aromatic carbocycles. The number of rotatable bonds is 6. The van der Waals surface area contributed by atoms with E-state index < -0.39 is 6.10 Å². The third-order valence-electron chi connectivity index (χ3n) is 6.43. The van der Waals surface area contributed by atoms with Crippen LogP contribution in [0.5, 0.6) is 5.75 Å². The van der Waals surface area contributed by atoms with Crippen molar-refractivity contribution < 1.29 is 9.53 Å². The molecular formula is C23H38ClN3O2. The smallest absolute Gasteiger partial charge is 0.260 e. The number of hydrogen-bond acceptors (Lipinski definition) is 4. The van der Waals surface area contributed by atoms with Gasteiger partial charge in [-0.25, -0.2) is 0 Å². The predicted octanol–water partition coefficient (Wildman–Crippen LogP) is 3.56. The number of benzene rings is 1. The van der Waals surface area contributed by atoms with Gasteiger partial charge >= 0.3 is 0 Å². The van der Waals surface area contributed by atoms with E-state index in [0.717, 1.165) is 49.6 Å². The van der Waals surface area contributed by atoms with Crippen LogP contribution in [0.15, 0.2) is 18.2 Å². The molecule has 5 nitrogen and oxygen atoms in total. The zero-order chi connectivity index (χ0) is 20.1. The van der Waals surface area contributed by atoms with Gasteiger partial charge in [-0.05, 0) is 63.9 Å². The normalized spacial score (nSPS) is 21.1. The van der Waals surface area contributed by atoms with Crippen molar-refractivity contribution in [3.05, 3.63) is 29.3 Å². The van der Waals surface area contributed by atoms with Crippen LogP contribution in [-0.2, 0) is 4.79 Å². The number of carbonyl (C=O) groups is 1. The van der Waals surface area contributed by atoms with E-state index in [9.17, 15) is 4.79 Å². The molecule has 2 aliphatic rings. The van der Waals surface area contributed by atoms with Crippen molar-refractivity contribution in [3.63, 3.8) is 0 Å². The lowest BCUT2D eigenvalue weighted by Gasteiger charge is -2.49. The SMILES string of the molecule is Cc1cc(C)cc(OC(C)C(=O)NCC2(N3CCN(C)CC3)CCCCC2)c1.Cl. The third-order valence-corrected chi connectivity index (χ3v) is 6.43. The number of hydrogen-bond donors (Lipinski definition) is 1. The largest absolute Gasteiger partial charge is 0.481 e. The Morgan fingerprint density at radius 2 is 1.66 bits per heavy atom. The van der Waals surface area contributed by atoms with Gasteiger partial charge in [-0.2, -0.15) is 0 Å². The van der Waals surface area contributed by atoms with Gasteiger partial charge in [0, 0.05) is 38.3 Å². The summed E-state index contributed by atoms with van der Waals surface area (Å²) >= 11 is 0. The maximum absolute atomic E-state index is 12.8. The first-order chi connectivity index (χ1) is 13.4. The fourth-order valence-corrected chi connectivity index (χ4v) is 4.75. The Bertz CT molecular complexity index is 648. The molecule has 1 saturated carbocycles. The second-order valence-electron chi connectivity index (χ2n) is 8.88. The van der Waals surface area contributed by atoms with Gasteiger partial charge in [0.2, 0.25) is 0 Å². The average Bonchev–Trinajstić information content (AvgIpc) is 2.66. The molecule has 1 saturated heterocycles. The lowest BCUT2D eigenvalue weighted by atomic mass is 9.79. The van der Waals surface area contributed by atoms with Crippen LogP contribution in [0.25, 0.3) is 0 Å². The van der Waals surface area contributed by atoms with Gasteiger partial charge in [0.1, 0.15) is 5.75 Å². The van der Waals surface area contributed by atoms with Crippen LogP contribution < -0.4 is 10.1 Å². The Balaban J connectivity index is 0.00000300. The number of ether oxygens (including phenoxy) is 1. The number of nitrogens with zero attached hydrogens (tertiary/aromatic N) is 2. The monoisotopic (exact) mass is 423 g/mol. The van der Waals surface area contributed by atoms with Gasteiger partial charge in [-0.15, -0.1) is 12.4 Å². The summed E-state index contributed by atoms with van der Waals surface area (Å²) in [7, 11) is 2.19. The Kier molecular flexibility index (Phi) is 8.80. The van der Waals surface area contributed by atoms with E-state index in [1.807, 2.05) is 32.9 Å². The van der Waals surface area contributed by atoms with Gasteiger partial charge in [-0.3, -0.25) is 9.69 Å². The molecule has 1 aliphatic heterocycles. The number of carbonyl (C=O) groups excluding carboxylic acids is 1. The maximum Gasteiger partial charge on any atom is 0.260 e. The number of halogens is 1. The first-order valence-electron chi connectivity index (χ1n) is 10.8.